The van der Waals surface area contributed by atoms with E-state index in [-0.39, 0.29) is 57.1 Å². The molecule has 9 aromatic rings. The van der Waals surface area contributed by atoms with E-state index in [1.54, 1.807) is 11.9 Å². The molecule has 0 N–H and O–H groups in total. The smallest absolute Gasteiger partial charge is 0.318 e. The van der Waals surface area contributed by atoms with Gasteiger partial charge in [0.2, 0.25) is 25.5 Å². The predicted molar refractivity (Wildman–Crippen MR) is 511 cm³/mol. The molecule has 10 aliphatic rings. The van der Waals surface area contributed by atoms with Gasteiger partial charge in [0.1, 0.15) is 48.8 Å². The van der Waals surface area contributed by atoms with Crippen molar-refractivity contribution in [2.75, 3.05) is 187 Å². The largest absolute Gasteiger partial charge is 0.463 e. The Balaban J connectivity index is 0.000000139. The number of aromatic nitrogens is 6. The second kappa shape index (κ2) is 41.4. The van der Waals surface area contributed by atoms with Crippen molar-refractivity contribution < 1.29 is 46.6 Å². The van der Waals surface area contributed by atoms with Gasteiger partial charge in [-0.1, -0.05) is 140 Å². The maximum Gasteiger partial charge on any atom is 0.318 e. The lowest BCUT2D eigenvalue weighted by molar-refractivity contribution is -0.131. The van der Waals surface area contributed by atoms with Crippen molar-refractivity contribution in [1.82, 2.24) is 59.3 Å². The van der Waals surface area contributed by atoms with Crippen molar-refractivity contribution in [1.29, 1.82) is 0 Å². The molecule has 6 saturated heterocycles. The van der Waals surface area contributed by atoms with Gasteiger partial charge in [-0.2, -0.15) is 29.9 Å². The molecule has 1 aliphatic carbocycles. The number of fused-ring (bicyclic) bond motifs is 6. The van der Waals surface area contributed by atoms with E-state index < -0.39 is 53.3 Å². The Morgan fingerprint density at radius 2 is 0.805 bits per heavy atom. The van der Waals surface area contributed by atoms with Crippen LogP contribution in [-0.2, 0) is 58.1 Å². The van der Waals surface area contributed by atoms with Gasteiger partial charge in [0.15, 0.2) is 17.5 Å². The van der Waals surface area contributed by atoms with Gasteiger partial charge < -0.3 is 77.7 Å². The predicted octanol–water partition coefficient (Wildman–Crippen LogP) is 14.5. The number of piperazine rings is 3. The molecule has 4 amide bonds. The number of rotatable bonds is 23. The van der Waals surface area contributed by atoms with Crippen LogP contribution in [0.4, 0.5) is 47.7 Å². The summed E-state index contributed by atoms with van der Waals surface area (Å²) in [5, 5.41) is 8.36. The van der Waals surface area contributed by atoms with Crippen LogP contribution in [0.25, 0.3) is 46.9 Å². The summed E-state index contributed by atoms with van der Waals surface area (Å²) in [5.74, 6) is -2.98. The fourth-order valence-electron chi connectivity index (χ4n) is 20.2. The Morgan fingerprint density at radius 1 is 0.436 bits per heavy atom. The summed E-state index contributed by atoms with van der Waals surface area (Å²) in [6, 6.07) is 36.9. The molecule has 6 aromatic carbocycles. The standard InChI is InChI=1S/C34H39ClFN7O2.C33H35ClFN7O2.C32H33ClFN7O3/c1-24(36)33(44)43-18-17-42(22-26(43)21-37-2)32-27-13-16-41(30-12-8-10-25-9-7-11-28(35)31(25)30)23-29(27)38-34(39-32)45-20-19-40-14-5-3-4-6-15-40;1-21(35)32(43)42-16-15-40(18-25(42)17-36-2)31-26-12-13-39(29-8-4-6-22-5-3-7-27(34)30(22)29)19-28(26)37-33(38-31)44-20-24-11-14-41(24)23-9-10-23;1-20(34)31(43)41-13-12-40(17-23(41)15-35-2)30-24-10-11-39(27-9-5-7-22-6-4-8-25(33)29(22)27)18-26(24)36-32(37-30)44-19-21-14-28(42)38(3)16-21/h7-12,26H,1,3-6,13-23H2;3-8,23-25H,1,9-20H2;4-9,21,23H,1,10-19H2,3H3/t26-;24?,25-;21?,23-/m000/s1. The SMILES string of the molecule is [C-]#[N+]C[C@H]1CN(c2nc(OCC3CC(=O)N(C)C3)nc3c2CCN(c2cccc4cccc(Cl)c24)C3)CCN1C(=O)C(=C)F.[C-]#[N+]C[C@H]1CN(c2nc(OCC3CCN3C3CC3)nc3c2CCN(c2cccc4cccc(Cl)c24)C3)CCN1C(=O)C(=C)F.[C-]#[N+]C[C@H]1CN(c2nc(OCCN3CCCCCC3)nc3c2CCN(c2cccc4cccc(Cl)c24)C3)CCN1C(=O)C(=C)F. The van der Waals surface area contributed by atoms with E-state index in [0.29, 0.717) is 162 Å². The second-order valence-corrected chi connectivity index (χ2v) is 36.9. The topological polar surface area (TPSA) is 225 Å². The Morgan fingerprint density at radius 3 is 1.14 bits per heavy atom. The molecule has 34 heteroatoms. The Labute approximate surface area is 787 Å². The number of carbonyl (C=O) groups is 4. The number of benzene rings is 6. The number of hydrogen-bond acceptors (Lipinski definition) is 21. The third-order valence-corrected chi connectivity index (χ3v) is 28.1. The van der Waals surface area contributed by atoms with Gasteiger partial charge >= 0.3 is 18.0 Å². The summed E-state index contributed by atoms with van der Waals surface area (Å²) >= 11 is 20.1. The van der Waals surface area contributed by atoms with Crippen LogP contribution in [0.15, 0.2) is 146 Å². The summed E-state index contributed by atoms with van der Waals surface area (Å²) in [6.07, 6.45) is 11.1. The van der Waals surface area contributed by atoms with Gasteiger partial charge in [-0.25, -0.2) is 32.9 Å². The third kappa shape index (κ3) is 20.6. The average Bonchev–Trinajstić information content (AvgIpc) is 1.66. The van der Waals surface area contributed by atoms with Crippen LogP contribution in [-0.4, -0.2) is 271 Å². The van der Waals surface area contributed by atoms with Crippen LogP contribution < -0.4 is 43.6 Å². The molecule has 1 saturated carbocycles. The van der Waals surface area contributed by atoms with Gasteiger partial charge in [0, 0.05) is 180 Å². The van der Waals surface area contributed by atoms with E-state index in [2.05, 4.69) is 123 Å². The first-order valence-electron chi connectivity index (χ1n) is 45.8. The number of hydrogen-bond donors (Lipinski definition) is 0. The van der Waals surface area contributed by atoms with E-state index in [1.807, 2.05) is 59.5 Å². The van der Waals surface area contributed by atoms with Crippen LogP contribution in [0.1, 0.15) is 85.1 Å². The van der Waals surface area contributed by atoms with Crippen molar-refractivity contribution in [3.8, 4) is 18.0 Å². The number of anilines is 6. The molecule has 133 heavy (non-hydrogen) atoms. The van der Waals surface area contributed by atoms with Crippen LogP contribution >= 0.6 is 34.8 Å². The molecule has 0 bridgehead atoms. The number of ether oxygens (including phenoxy) is 3. The van der Waals surface area contributed by atoms with E-state index in [0.717, 1.165) is 140 Å². The number of amides is 4. The molecule has 3 aromatic heterocycles. The van der Waals surface area contributed by atoms with Crippen LogP contribution in [0, 0.1) is 25.6 Å². The van der Waals surface area contributed by atoms with Crippen LogP contribution in [0.5, 0.6) is 18.0 Å². The second-order valence-electron chi connectivity index (χ2n) is 35.6. The van der Waals surface area contributed by atoms with Crippen LogP contribution in [0.3, 0.4) is 0 Å². The van der Waals surface area contributed by atoms with Crippen molar-refractivity contribution in [2.24, 2.45) is 5.92 Å². The van der Waals surface area contributed by atoms with E-state index >= 15 is 0 Å². The molecule has 692 valence electrons. The first-order valence-corrected chi connectivity index (χ1v) is 47.0. The zero-order valence-electron chi connectivity index (χ0n) is 74.7. The first-order chi connectivity index (χ1) is 64.6. The fourth-order valence-corrected chi connectivity index (χ4v) is 21.0. The zero-order chi connectivity index (χ0) is 92.7. The highest BCUT2D eigenvalue weighted by Crippen LogP contribution is 2.44. The zero-order valence-corrected chi connectivity index (χ0v) is 76.9. The molecule has 5 atom stereocenters. The highest BCUT2D eigenvalue weighted by Gasteiger charge is 2.44. The number of nitrogens with zero attached hydrogens (tertiary/aromatic N) is 21. The minimum absolute atomic E-state index is 0.0327. The summed E-state index contributed by atoms with van der Waals surface area (Å²) < 4.78 is 60.1. The summed E-state index contributed by atoms with van der Waals surface area (Å²) in [6.45, 7) is 45.1. The molecular formula is C99H107Cl3F3N21O7. The lowest BCUT2D eigenvalue weighted by atomic mass is 10.0. The van der Waals surface area contributed by atoms with Crippen molar-refractivity contribution in [3.63, 3.8) is 0 Å². The van der Waals surface area contributed by atoms with Gasteiger partial charge in [0.05, 0.1) is 58.4 Å². The highest BCUT2D eigenvalue weighted by atomic mass is 35.5. The molecule has 28 nitrogen and oxygen atoms in total. The number of likely N-dealkylation sites (tertiary alicyclic amines) is 3. The Hall–Kier alpha value is -12.3. The summed E-state index contributed by atoms with van der Waals surface area (Å²) in [7, 11) is 1.78. The van der Waals surface area contributed by atoms with Crippen LogP contribution in [0.2, 0.25) is 15.1 Å². The summed E-state index contributed by atoms with van der Waals surface area (Å²) in [5.41, 5.74) is 8.79. The van der Waals surface area contributed by atoms with E-state index in [1.165, 1.54) is 53.2 Å². The fraction of sp³-hybridized carbons (Fsp3) is 0.444. The average molecular weight is 1870 g/mol. The highest BCUT2D eigenvalue weighted by molar-refractivity contribution is 6.37. The molecular weight excluding hydrogens is 1760 g/mol. The normalized spacial score (nSPS) is 20.4. The van der Waals surface area contributed by atoms with E-state index in [4.69, 9.17) is 98.6 Å². The lowest BCUT2D eigenvalue weighted by Crippen LogP contribution is -2.57. The molecule has 9 aliphatic heterocycles. The number of carbonyl (C=O) groups excluding carboxylic acids is 4. The molecule has 2 unspecified atom stereocenters. The molecule has 0 radical (unpaired) electrons. The molecule has 12 heterocycles. The van der Waals surface area contributed by atoms with Gasteiger partial charge in [-0.05, 0) is 117 Å². The van der Waals surface area contributed by atoms with Gasteiger partial charge in [-0.3, -0.25) is 29.0 Å². The maximum absolute atomic E-state index is 13.8. The molecule has 0 spiro atoms. The minimum atomic E-state index is -1.03. The van der Waals surface area contributed by atoms with Gasteiger partial charge in [0.25, 0.3) is 17.7 Å². The van der Waals surface area contributed by atoms with Crippen molar-refractivity contribution in [2.45, 2.75) is 120 Å². The van der Waals surface area contributed by atoms with Crippen molar-refractivity contribution >= 4 is 125 Å². The van der Waals surface area contributed by atoms with E-state index in [9.17, 15) is 32.3 Å². The third-order valence-electron chi connectivity index (χ3n) is 27.1. The maximum atomic E-state index is 13.8. The van der Waals surface area contributed by atoms with Gasteiger partial charge in [-0.15, -0.1) is 0 Å². The minimum Gasteiger partial charge on any atom is -0.463 e. The Bertz CT molecular complexity index is 6070. The quantitative estimate of drug-likeness (QED) is 0.0428. The molecule has 19 rings (SSSR count). The van der Waals surface area contributed by atoms with Crippen molar-refractivity contribution in [3.05, 3.63) is 230 Å². The first kappa shape index (κ1) is 92.5. The summed E-state index contributed by atoms with van der Waals surface area (Å²) in [4.78, 5) is 114. The number of halogens is 6. The molecule has 7 fully saturated rings. The Kier molecular flexibility index (Phi) is 28.8. The lowest BCUT2D eigenvalue weighted by Gasteiger charge is -2.41. The monoisotopic (exact) mass is 1860 g/mol.